The fourth-order valence-corrected chi connectivity index (χ4v) is 2.84. The van der Waals surface area contributed by atoms with E-state index in [9.17, 15) is 14.4 Å². The molecular formula is C18H19ClN3O5-. The summed E-state index contributed by atoms with van der Waals surface area (Å²) < 4.78 is 10.3. The Morgan fingerprint density at radius 3 is 2.59 bits per heavy atom. The predicted molar refractivity (Wildman–Crippen MR) is 90.8 cm³/mol. The lowest BCUT2D eigenvalue weighted by atomic mass is 10.2. The Hall–Kier alpha value is -2.68. The molecule has 0 bridgehead atoms. The number of nitrogens with two attached hydrogens (primary N) is 1. The van der Waals surface area contributed by atoms with Crippen LogP contribution in [-0.2, 0) is 30.5 Å². The van der Waals surface area contributed by atoms with Crippen LogP contribution in [0.2, 0.25) is 0 Å². The molecule has 1 aromatic rings. The van der Waals surface area contributed by atoms with Gasteiger partial charge in [-0.2, -0.15) is 0 Å². The summed E-state index contributed by atoms with van der Waals surface area (Å²) in [6.07, 6.45) is 1.40. The van der Waals surface area contributed by atoms with Gasteiger partial charge in [0.25, 0.3) is 5.91 Å². The standard InChI is InChI=1S/C18H19N3O5.ClH/c1-2-8-25-18(24)15-13(9-20-10-14(19)16(22)21(15)20)17(23)26-11-12-6-4-3-5-7-12;/h2-7,14H,1,8-11,19H2;1H/p-1. The number of benzene rings is 1. The Morgan fingerprint density at radius 1 is 1.22 bits per heavy atom. The molecule has 144 valence electrons. The van der Waals surface area contributed by atoms with Crippen molar-refractivity contribution in [3.8, 4) is 0 Å². The van der Waals surface area contributed by atoms with E-state index in [4.69, 9.17) is 15.2 Å². The van der Waals surface area contributed by atoms with Crippen LogP contribution in [0.1, 0.15) is 5.56 Å². The third kappa shape index (κ3) is 4.19. The van der Waals surface area contributed by atoms with Crippen LogP contribution >= 0.6 is 0 Å². The number of halogens is 1. The number of ether oxygens (including phenoxy) is 2. The first-order valence-electron chi connectivity index (χ1n) is 8.09. The van der Waals surface area contributed by atoms with Gasteiger partial charge < -0.3 is 27.6 Å². The van der Waals surface area contributed by atoms with Gasteiger partial charge in [-0.1, -0.05) is 43.0 Å². The van der Waals surface area contributed by atoms with Gasteiger partial charge in [-0.05, 0) is 5.56 Å². The summed E-state index contributed by atoms with van der Waals surface area (Å²) in [6.45, 7) is 3.77. The molecule has 0 radical (unpaired) electrons. The normalized spacial score (nSPS) is 18.8. The van der Waals surface area contributed by atoms with E-state index in [0.29, 0.717) is 0 Å². The highest BCUT2D eigenvalue weighted by Crippen LogP contribution is 2.30. The molecule has 27 heavy (non-hydrogen) atoms. The Labute approximate surface area is 162 Å². The third-order valence-electron chi connectivity index (χ3n) is 4.04. The van der Waals surface area contributed by atoms with Gasteiger partial charge in [0.2, 0.25) is 0 Å². The van der Waals surface area contributed by atoms with E-state index in [1.165, 1.54) is 11.1 Å². The van der Waals surface area contributed by atoms with E-state index in [0.717, 1.165) is 10.6 Å². The highest BCUT2D eigenvalue weighted by atomic mass is 35.5. The summed E-state index contributed by atoms with van der Waals surface area (Å²) in [6, 6.07) is 8.41. The Morgan fingerprint density at radius 2 is 1.93 bits per heavy atom. The molecule has 3 rings (SSSR count). The second kappa shape index (κ2) is 8.81. The van der Waals surface area contributed by atoms with Gasteiger partial charge in [0, 0.05) is 6.54 Å². The van der Waals surface area contributed by atoms with E-state index in [1.54, 1.807) is 0 Å². The van der Waals surface area contributed by atoms with Gasteiger partial charge in [0.1, 0.15) is 19.3 Å². The Bertz CT molecular complexity index is 780. The molecular weight excluding hydrogens is 374 g/mol. The quantitative estimate of drug-likeness (QED) is 0.410. The number of hydrogen-bond acceptors (Lipinski definition) is 7. The zero-order valence-electron chi connectivity index (χ0n) is 14.5. The maximum Gasteiger partial charge on any atom is 0.357 e. The lowest BCUT2D eigenvalue weighted by molar-refractivity contribution is -0.146. The summed E-state index contributed by atoms with van der Waals surface area (Å²) >= 11 is 0. The van der Waals surface area contributed by atoms with Crippen molar-refractivity contribution in [2.75, 3.05) is 19.7 Å². The van der Waals surface area contributed by atoms with Crippen LogP contribution in [-0.4, -0.2) is 53.6 Å². The molecule has 1 amide bonds. The van der Waals surface area contributed by atoms with Crippen LogP contribution in [0.4, 0.5) is 0 Å². The van der Waals surface area contributed by atoms with E-state index in [-0.39, 0.29) is 50.0 Å². The first-order valence-corrected chi connectivity index (χ1v) is 8.09. The minimum Gasteiger partial charge on any atom is -1.00 e. The van der Waals surface area contributed by atoms with Crippen molar-refractivity contribution in [2.24, 2.45) is 5.73 Å². The summed E-state index contributed by atoms with van der Waals surface area (Å²) in [5, 5.41) is 2.66. The minimum absolute atomic E-state index is 0. The summed E-state index contributed by atoms with van der Waals surface area (Å²) in [5.74, 6) is -1.92. The zero-order valence-corrected chi connectivity index (χ0v) is 15.2. The van der Waals surface area contributed by atoms with Crippen molar-refractivity contribution in [3.63, 3.8) is 0 Å². The van der Waals surface area contributed by atoms with Crippen LogP contribution in [0, 0.1) is 0 Å². The average Bonchev–Trinajstić information content (AvgIpc) is 3.15. The van der Waals surface area contributed by atoms with Crippen LogP contribution < -0.4 is 18.1 Å². The molecule has 0 aliphatic carbocycles. The number of carbonyl (C=O) groups excluding carboxylic acids is 3. The molecule has 2 aliphatic rings. The fraction of sp³-hybridized carbons (Fsp3) is 0.278. The smallest absolute Gasteiger partial charge is 0.357 e. The largest absolute Gasteiger partial charge is 1.00 e. The van der Waals surface area contributed by atoms with Gasteiger partial charge in [-0.25, -0.2) is 19.6 Å². The first-order chi connectivity index (χ1) is 12.5. The molecule has 8 nitrogen and oxygen atoms in total. The average molecular weight is 393 g/mol. The SMILES string of the molecule is C=CCOC(=O)C1=C(C(=O)OCc2ccccc2)CN2CC(N)C(=O)N12.[Cl-]. The van der Waals surface area contributed by atoms with Crippen molar-refractivity contribution >= 4 is 17.8 Å². The summed E-state index contributed by atoms with van der Waals surface area (Å²) in [7, 11) is 0. The molecule has 0 spiro atoms. The molecule has 0 aromatic heterocycles. The van der Waals surface area contributed by atoms with Crippen molar-refractivity contribution in [1.29, 1.82) is 0 Å². The number of hydrogen-bond donors (Lipinski definition) is 1. The first kappa shape index (κ1) is 20.6. The highest BCUT2D eigenvalue weighted by Gasteiger charge is 2.48. The monoisotopic (exact) mass is 392 g/mol. The van der Waals surface area contributed by atoms with Gasteiger partial charge in [-0.3, -0.25) is 4.79 Å². The molecule has 1 fully saturated rings. The lowest BCUT2D eigenvalue weighted by Crippen LogP contribution is -3.00. The highest BCUT2D eigenvalue weighted by molar-refractivity contribution is 6.05. The molecule has 1 unspecified atom stereocenters. The van der Waals surface area contributed by atoms with Crippen molar-refractivity contribution < 1.29 is 36.3 Å². The maximum atomic E-state index is 12.5. The number of esters is 2. The maximum absolute atomic E-state index is 12.5. The van der Waals surface area contributed by atoms with Crippen LogP contribution in [0.3, 0.4) is 0 Å². The number of fused-ring (bicyclic) bond motifs is 1. The fourth-order valence-electron chi connectivity index (χ4n) is 2.84. The Kier molecular flexibility index (Phi) is 6.73. The summed E-state index contributed by atoms with van der Waals surface area (Å²) in [5.41, 5.74) is 6.50. The molecule has 9 heteroatoms. The van der Waals surface area contributed by atoms with Gasteiger partial charge >= 0.3 is 11.9 Å². The molecule has 0 saturated carbocycles. The topological polar surface area (TPSA) is 102 Å². The zero-order chi connectivity index (χ0) is 18.7. The Balaban J connectivity index is 0.00000261. The molecule has 1 atom stereocenters. The number of amides is 1. The number of hydrazine groups is 1. The number of rotatable bonds is 6. The van der Waals surface area contributed by atoms with Gasteiger partial charge in [0.05, 0.1) is 12.1 Å². The van der Waals surface area contributed by atoms with Crippen LogP contribution in [0.5, 0.6) is 0 Å². The van der Waals surface area contributed by atoms with Crippen molar-refractivity contribution in [2.45, 2.75) is 12.6 Å². The van der Waals surface area contributed by atoms with Gasteiger partial charge in [0.15, 0.2) is 5.70 Å². The predicted octanol–water partition coefficient (Wildman–Crippen LogP) is -2.88. The number of carbonyl (C=O) groups is 3. The second-order valence-corrected chi connectivity index (χ2v) is 5.88. The summed E-state index contributed by atoms with van der Waals surface area (Å²) in [4.78, 5) is 37.2. The molecule has 2 aliphatic heterocycles. The second-order valence-electron chi connectivity index (χ2n) is 5.88. The lowest BCUT2D eigenvalue weighted by Gasteiger charge is -2.20. The number of nitrogens with zero attached hydrogens (tertiary/aromatic N) is 2. The van der Waals surface area contributed by atoms with Crippen LogP contribution in [0.25, 0.3) is 0 Å². The van der Waals surface area contributed by atoms with E-state index < -0.39 is 23.9 Å². The molecule has 2 heterocycles. The van der Waals surface area contributed by atoms with Crippen molar-refractivity contribution in [3.05, 3.63) is 59.8 Å². The minimum atomic E-state index is -0.790. The van der Waals surface area contributed by atoms with E-state index in [2.05, 4.69) is 6.58 Å². The molecule has 1 saturated heterocycles. The molecule has 2 N–H and O–H groups in total. The third-order valence-corrected chi connectivity index (χ3v) is 4.04. The van der Waals surface area contributed by atoms with Gasteiger partial charge in [-0.15, -0.1) is 0 Å². The van der Waals surface area contributed by atoms with E-state index >= 15 is 0 Å². The van der Waals surface area contributed by atoms with E-state index in [1.807, 2.05) is 30.3 Å². The van der Waals surface area contributed by atoms with Crippen molar-refractivity contribution in [1.82, 2.24) is 10.0 Å². The van der Waals surface area contributed by atoms with Crippen LogP contribution in [0.15, 0.2) is 54.3 Å². The molecule has 1 aromatic carbocycles.